The van der Waals surface area contributed by atoms with E-state index < -0.39 is 0 Å². The Labute approximate surface area is 694 Å². The van der Waals surface area contributed by atoms with Crippen LogP contribution in [0.1, 0.15) is 0 Å². The fourth-order valence-corrected chi connectivity index (χ4v) is 19.3. The van der Waals surface area contributed by atoms with Crippen molar-refractivity contribution in [1.82, 2.24) is 0 Å². The molecule has 0 saturated heterocycles. The summed E-state index contributed by atoms with van der Waals surface area (Å²) >= 11 is 9.74. The molecule has 1 N–H and O–H groups in total. The summed E-state index contributed by atoms with van der Waals surface area (Å²) in [4.78, 5) is 2.37. The third-order valence-corrected chi connectivity index (χ3v) is 25.0. The summed E-state index contributed by atoms with van der Waals surface area (Å²) in [6.45, 7) is 0. The van der Waals surface area contributed by atoms with Crippen LogP contribution in [0.3, 0.4) is 0 Å². The molecule has 552 valence electrons. The molecule has 0 amide bonds. The van der Waals surface area contributed by atoms with E-state index in [2.05, 4.69) is 447 Å². The van der Waals surface area contributed by atoms with Gasteiger partial charge in [-0.2, -0.15) is 0 Å². The predicted octanol–water partition coefficient (Wildman–Crippen LogP) is 33.6. The number of nitrogens with one attached hydrogen (secondary N) is 1. The highest BCUT2D eigenvalue weighted by Crippen LogP contribution is 2.46. The van der Waals surface area contributed by atoms with Gasteiger partial charge in [0.05, 0.1) is 0 Å². The number of hydrogen-bond donors (Lipinski definition) is 1. The van der Waals surface area contributed by atoms with Crippen molar-refractivity contribution in [1.29, 1.82) is 0 Å². The molecule has 0 saturated carbocycles. The summed E-state index contributed by atoms with van der Waals surface area (Å²) in [5.41, 5.74) is 25.1. The maximum atomic E-state index is 6.01. The first-order valence-corrected chi connectivity index (χ1v) is 41.7. The molecule has 0 aliphatic rings. The van der Waals surface area contributed by atoms with Crippen molar-refractivity contribution < 1.29 is 0 Å². The van der Waals surface area contributed by atoms with Crippen LogP contribution >= 0.6 is 34.3 Å². The SMILES string of the molecule is Clc1ccc(-c2cc3ccccc3c3ccccc23)cc1.c1ccc(-c2ccccc2-c2ccc(N(c3ccc(-c4cc5ccccc5c5ccccc45)cc3)c3ccc(-c4cccc5sc6ccccc6c45)cc3)cc2)cc1.c1ccc(-c2ccccc2-c2ccc(Nc3ccc(-c4cccc5sc6ccccc6c45)cc3)cc2)cc1. The number of fused-ring (bicyclic) bond motifs is 12. The zero-order chi connectivity index (χ0) is 78.0. The average molecular weight is 1550 g/mol. The van der Waals surface area contributed by atoms with Gasteiger partial charge in [-0.05, 0) is 241 Å². The first-order valence-electron chi connectivity index (χ1n) is 39.7. The normalized spacial score (nSPS) is 11.3. The Bertz CT molecular complexity index is 7360. The van der Waals surface area contributed by atoms with E-state index in [0.717, 1.165) is 33.5 Å². The summed E-state index contributed by atoms with van der Waals surface area (Å²) in [5.74, 6) is 0. The second kappa shape index (κ2) is 32.0. The van der Waals surface area contributed by atoms with Crippen molar-refractivity contribution in [2.24, 2.45) is 0 Å². The van der Waals surface area contributed by atoms with E-state index in [9.17, 15) is 0 Å². The van der Waals surface area contributed by atoms with Crippen LogP contribution in [0.15, 0.2) is 449 Å². The Morgan fingerprint density at radius 3 is 0.838 bits per heavy atom. The van der Waals surface area contributed by atoms with E-state index in [1.165, 1.54) is 172 Å². The molecule has 22 aromatic rings. The summed E-state index contributed by atoms with van der Waals surface area (Å²) in [6, 6.07) is 161. The van der Waals surface area contributed by atoms with E-state index >= 15 is 0 Å². The smallest absolute Gasteiger partial charge is 0.0462 e. The van der Waals surface area contributed by atoms with Gasteiger partial charge in [-0.25, -0.2) is 0 Å². The highest BCUT2D eigenvalue weighted by molar-refractivity contribution is 7.26. The molecular formula is C112H75ClN2S2. The van der Waals surface area contributed by atoms with Crippen molar-refractivity contribution in [2.75, 3.05) is 10.2 Å². The van der Waals surface area contributed by atoms with Gasteiger partial charge in [0.1, 0.15) is 0 Å². The summed E-state index contributed by atoms with van der Waals surface area (Å²) in [5, 5.41) is 19.9. The largest absolute Gasteiger partial charge is 0.356 e. The molecule has 20 aromatic carbocycles. The van der Waals surface area contributed by atoms with Crippen molar-refractivity contribution in [3.63, 3.8) is 0 Å². The molecule has 0 spiro atoms. The lowest BCUT2D eigenvalue weighted by Crippen LogP contribution is -2.09. The number of thiophene rings is 2. The lowest BCUT2D eigenvalue weighted by atomic mass is 9.93. The fraction of sp³-hybridized carbons (Fsp3) is 0. The number of rotatable bonds is 13. The van der Waals surface area contributed by atoms with Crippen LogP contribution in [-0.2, 0) is 0 Å². The van der Waals surface area contributed by atoms with Gasteiger partial charge in [0.25, 0.3) is 0 Å². The molecule has 0 aliphatic heterocycles. The lowest BCUT2D eigenvalue weighted by molar-refractivity contribution is 1.28. The highest BCUT2D eigenvalue weighted by atomic mass is 35.5. The van der Waals surface area contributed by atoms with Crippen molar-refractivity contribution >= 4 is 146 Å². The zero-order valence-electron chi connectivity index (χ0n) is 63.9. The molecule has 0 bridgehead atoms. The van der Waals surface area contributed by atoms with E-state index in [0.29, 0.717) is 0 Å². The highest BCUT2D eigenvalue weighted by Gasteiger charge is 2.20. The minimum absolute atomic E-state index is 0.767. The van der Waals surface area contributed by atoms with E-state index in [1.807, 2.05) is 34.8 Å². The molecular weight excluding hydrogens is 1470 g/mol. The Hall–Kier alpha value is -14.2. The van der Waals surface area contributed by atoms with E-state index in [1.54, 1.807) is 0 Å². The van der Waals surface area contributed by atoms with Crippen LogP contribution in [0.25, 0.3) is 172 Å². The van der Waals surface area contributed by atoms with Crippen LogP contribution in [0.5, 0.6) is 0 Å². The van der Waals surface area contributed by atoms with Crippen LogP contribution < -0.4 is 10.2 Å². The number of hydrogen-bond acceptors (Lipinski definition) is 4. The third kappa shape index (κ3) is 14.3. The molecule has 2 aromatic heterocycles. The maximum Gasteiger partial charge on any atom is 0.0462 e. The van der Waals surface area contributed by atoms with Gasteiger partial charge >= 0.3 is 0 Å². The number of nitrogens with zero attached hydrogens (tertiary/aromatic N) is 1. The average Bonchev–Trinajstić information content (AvgIpc) is 1.54. The second-order valence-corrected chi connectivity index (χ2v) is 32.1. The van der Waals surface area contributed by atoms with Crippen LogP contribution in [0, 0.1) is 0 Å². The Balaban J connectivity index is 0.000000127. The summed E-state index contributed by atoms with van der Waals surface area (Å²) < 4.78 is 5.31. The molecule has 0 aliphatic carbocycles. The van der Waals surface area contributed by atoms with Gasteiger partial charge in [-0.1, -0.05) is 351 Å². The van der Waals surface area contributed by atoms with Gasteiger partial charge in [0, 0.05) is 73.8 Å². The van der Waals surface area contributed by atoms with Crippen molar-refractivity contribution in [3.05, 3.63) is 454 Å². The molecule has 0 unspecified atom stereocenters. The number of benzene rings is 20. The molecule has 5 heteroatoms. The van der Waals surface area contributed by atoms with Crippen LogP contribution in [0.4, 0.5) is 28.4 Å². The zero-order valence-corrected chi connectivity index (χ0v) is 66.3. The van der Waals surface area contributed by atoms with Gasteiger partial charge in [-0.15, -0.1) is 22.7 Å². The summed E-state index contributed by atoms with van der Waals surface area (Å²) in [6.07, 6.45) is 0. The maximum absolute atomic E-state index is 6.01. The molecule has 117 heavy (non-hydrogen) atoms. The first kappa shape index (κ1) is 71.8. The Morgan fingerprint density at radius 1 is 0.188 bits per heavy atom. The van der Waals surface area contributed by atoms with Gasteiger partial charge in [0.15, 0.2) is 0 Å². The molecule has 2 heterocycles. The lowest BCUT2D eigenvalue weighted by Gasteiger charge is -2.26. The molecule has 22 rings (SSSR count). The molecule has 2 nitrogen and oxygen atoms in total. The second-order valence-electron chi connectivity index (χ2n) is 29.5. The van der Waals surface area contributed by atoms with Crippen molar-refractivity contribution in [2.45, 2.75) is 0 Å². The van der Waals surface area contributed by atoms with E-state index in [4.69, 9.17) is 11.6 Å². The number of anilines is 5. The van der Waals surface area contributed by atoms with Crippen LogP contribution in [0.2, 0.25) is 5.02 Å². The number of halogens is 1. The quantitative estimate of drug-likeness (QED) is 0.116. The Kier molecular flexibility index (Phi) is 19.6. The van der Waals surface area contributed by atoms with E-state index in [-0.39, 0.29) is 0 Å². The van der Waals surface area contributed by atoms with Crippen LogP contribution in [-0.4, -0.2) is 0 Å². The molecule has 0 radical (unpaired) electrons. The predicted molar refractivity (Wildman–Crippen MR) is 508 cm³/mol. The molecule has 0 atom stereocenters. The molecule has 0 fully saturated rings. The summed E-state index contributed by atoms with van der Waals surface area (Å²) in [7, 11) is 0. The first-order chi connectivity index (χ1) is 57.9. The monoisotopic (exact) mass is 1550 g/mol. The minimum atomic E-state index is 0.767. The van der Waals surface area contributed by atoms with Gasteiger partial charge < -0.3 is 10.2 Å². The third-order valence-electron chi connectivity index (χ3n) is 22.5. The van der Waals surface area contributed by atoms with Gasteiger partial charge in [-0.3, -0.25) is 0 Å². The topological polar surface area (TPSA) is 15.3 Å². The minimum Gasteiger partial charge on any atom is -0.356 e. The fourth-order valence-electron chi connectivity index (χ4n) is 16.9. The van der Waals surface area contributed by atoms with Gasteiger partial charge in [0.2, 0.25) is 0 Å². The Morgan fingerprint density at radius 2 is 0.453 bits per heavy atom. The van der Waals surface area contributed by atoms with Crippen molar-refractivity contribution in [3.8, 4) is 89.0 Å². The standard InChI is InChI=1S/C56H37NS.C36H25NS.C20H13Cl/c1-2-13-38(14-3-1)46-16-6-7-17-47(46)39-25-31-43(32-26-39)57(44-33-27-40(28-34-44)49-22-12-24-55-56(49)52-21-10-11-23-54(52)58-55)45-35-29-41(30-36-45)53-37-42-15-4-5-18-48(42)50-19-8-9-20-51(50)53;1-2-9-25(10-3-1)30-11-4-5-12-31(30)26-17-21-28(22-18-26)37-29-23-19-27(20-24-29)32-14-8-16-35-36(32)33-13-6-7-15-34(33)38-35;21-16-11-9-14(10-12-16)20-13-15-5-1-2-6-17(15)18-7-3-4-8-19(18)20/h1-37H;1-24,37H;1-13H.